The highest BCUT2D eigenvalue weighted by Crippen LogP contribution is 2.26. The molecule has 2 aliphatic rings. The molecule has 7 heteroatoms. The van der Waals surface area contributed by atoms with Gasteiger partial charge in [0, 0.05) is 26.2 Å². The Morgan fingerprint density at radius 3 is 2.57 bits per heavy atom. The number of nitrogens with zero attached hydrogens (tertiary/aromatic N) is 3. The van der Waals surface area contributed by atoms with Gasteiger partial charge in [0.25, 0.3) is 10.0 Å². The van der Waals surface area contributed by atoms with Crippen LogP contribution in [0, 0.1) is 0 Å². The third-order valence-electron chi connectivity index (χ3n) is 4.34. The molecule has 0 atom stereocenters. The molecule has 6 nitrogen and oxygen atoms in total. The molecule has 0 spiro atoms. The normalized spacial score (nSPS) is 21.3. The standard InChI is InChI=1S/C16H24N4O2S/c1-2-3-8-19-9-11-20(12-10-19)13-16-17-14-6-4-5-7-15(14)23(21,22)18-16/h4-7H,2-3,8-13H2,1H3,(H,17,18). The summed E-state index contributed by atoms with van der Waals surface area (Å²) in [6.07, 6.45) is 2.46. The van der Waals surface area contributed by atoms with Gasteiger partial charge in [-0.1, -0.05) is 25.5 Å². The number of para-hydroxylation sites is 1. The van der Waals surface area contributed by atoms with Crippen molar-refractivity contribution in [1.82, 2.24) is 9.80 Å². The highest BCUT2D eigenvalue weighted by atomic mass is 32.2. The van der Waals surface area contributed by atoms with Crippen molar-refractivity contribution in [2.75, 3.05) is 44.6 Å². The van der Waals surface area contributed by atoms with Gasteiger partial charge in [0.2, 0.25) is 0 Å². The Morgan fingerprint density at radius 1 is 1.13 bits per heavy atom. The van der Waals surface area contributed by atoms with E-state index in [0.29, 0.717) is 18.1 Å². The number of nitrogens with one attached hydrogen (secondary N) is 1. The van der Waals surface area contributed by atoms with E-state index in [1.54, 1.807) is 18.2 Å². The summed E-state index contributed by atoms with van der Waals surface area (Å²) in [4.78, 5) is 4.99. The number of piperazine rings is 1. The van der Waals surface area contributed by atoms with E-state index in [9.17, 15) is 8.42 Å². The highest BCUT2D eigenvalue weighted by Gasteiger charge is 2.26. The largest absolute Gasteiger partial charge is 0.341 e. The molecule has 0 radical (unpaired) electrons. The molecule has 1 aromatic carbocycles. The number of unbranched alkanes of at least 4 members (excludes halogenated alkanes) is 1. The van der Waals surface area contributed by atoms with Gasteiger partial charge in [0.15, 0.2) is 0 Å². The Hall–Kier alpha value is -1.44. The van der Waals surface area contributed by atoms with Crippen molar-refractivity contribution in [1.29, 1.82) is 0 Å². The monoisotopic (exact) mass is 336 g/mol. The summed E-state index contributed by atoms with van der Waals surface area (Å²) < 4.78 is 28.4. The molecule has 23 heavy (non-hydrogen) atoms. The van der Waals surface area contributed by atoms with Gasteiger partial charge in [-0.2, -0.15) is 8.42 Å². The number of anilines is 1. The van der Waals surface area contributed by atoms with Gasteiger partial charge in [-0.3, -0.25) is 4.90 Å². The molecule has 2 aliphatic heterocycles. The van der Waals surface area contributed by atoms with Gasteiger partial charge in [-0.25, -0.2) is 0 Å². The highest BCUT2D eigenvalue weighted by molar-refractivity contribution is 7.90. The number of sulfonamides is 1. The summed E-state index contributed by atoms with van der Waals surface area (Å²) in [5.41, 5.74) is 0.624. The Labute approximate surface area is 138 Å². The van der Waals surface area contributed by atoms with Crippen molar-refractivity contribution in [3.8, 4) is 0 Å². The van der Waals surface area contributed by atoms with Crippen molar-refractivity contribution in [3.05, 3.63) is 24.3 Å². The van der Waals surface area contributed by atoms with Gasteiger partial charge < -0.3 is 10.2 Å². The summed E-state index contributed by atoms with van der Waals surface area (Å²) in [7, 11) is -3.58. The first kappa shape index (κ1) is 16.4. The summed E-state index contributed by atoms with van der Waals surface area (Å²) in [6, 6.07) is 6.92. The number of rotatable bonds is 5. The molecule has 0 amide bonds. The minimum Gasteiger partial charge on any atom is -0.341 e. The summed E-state index contributed by atoms with van der Waals surface area (Å²) in [5, 5.41) is 3.16. The average Bonchev–Trinajstić information content (AvgIpc) is 2.54. The van der Waals surface area contributed by atoms with Crippen LogP contribution in [-0.4, -0.2) is 63.3 Å². The minimum absolute atomic E-state index is 0.258. The van der Waals surface area contributed by atoms with Crippen LogP contribution in [0.3, 0.4) is 0 Å². The predicted octanol–water partition coefficient (Wildman–Crippen LogP) is 1.62. The molecule has 0 bridgehead atoms. The fraction of sp³-hybridized carbons (Fsp3) is 0.562. The van der Waals surface area contributed by atoms with E-state index in [0.717, 1.165) is 32.7 Å². The SMILES string of the molecule is CCCCN1CCN(CC2=NS(=O)(=O)c3ccccc3N2)CC1. The lowest BCUT2D eigenvalue weighted by Gasteiger charge is -2.35. The number of amidine groups is 1. The lowest BCUT2D eigenvalue weighted by molar-refractivity contribution is 0.144. The topological polar surface area (TPSA) is 65.0 Å². The van der Waals surface area contributed by atoms with E-state index in [-0.39, 0.29) is 4.90 Å². The molecular formula is C16H24N4O2S. The lowest BCUT2D eigenvalue weighted by atomic mass is 10.2. The van der Waals surface area contributed by atoms with Crippen molar-refractivity contribution in [2.24, 2.45) is 4.40 Å². The van der Waals surface area contributed by atoms with Gasteiger partial charge in [-0.15, -0.1) is 4.40 Å². The van der Waals surface area contributed by atoms with E-state index in [1.807, 2.05) is 6.07 Å². The van der Waals surface area contributed by atoms with Crippen molar-refractivity contribution in [2.45, 2.75) is 24.7 Å². The van der Waals surface area contributed by atoms with E-state index in [2.05, 4.69) is 26.4 Å². The van der Waals surface area contributed by atoms with Gasteiger partial charge >= 0.3 is 0 Å². The third-order valence-corrected chi connectivity index (χ3v) is 5.71. The first-order valence-corrected chi connectivity index (χ1v) is 9.67. The van der Waals surface area contributed by atoms with Crippen LogP contribution in [-0.2, 0) is 10.0 Å². The van der Waals surface area contributed by atoms with Crippen LogP contribution >= 0.6 is 0 Å². The fourth-order valence-corrected chi connectivity index (χ4v) is 4.14. The van der Waals surface area contributed by atoms with E-state index >= 15 is 0 Å². The molecule has 1 saturated heterocycles. The maximum atomic E-state index is 12.2. The smallest absolute Gasteiger partial charge is 0.286 e. The average molecular weight is 336 g/mol. The zero-order valence-electron chi connectivity index (χ0n) is 13.5. The molecule has 1 fully saturated rings. The molecule has 2 heterocycles. The van der Waals surface area contributed by atoms with Crippen molar-refractivity contribution >= 4 is 21.5 Å². The van der Waals surface area contributed by atoms with Crippen LogP contribution in [0.5, 0.6) is 0 Å². The summed E-state index contributed by atoms with van der Waals surface area (Å²) in [6.45, 7) is 7.90. The summed E-state index contributed by atoms with van der Waals surface area (Å²) >= 11 is 0. The minimum atomic E-state index is -3.58. The second-order valence-electron chi connectivity index (χ2n) is 6.11. The number of benzene rings is 1. The molecule has 126 valence electrons. The van der Waals surface area contributed by atoms with E-state index < -0.39 is 10.0 Å². The van der Waals surface area contributed by atoms with Crippen LogP contribution in [0.2, 0.25) is 0 Å². The number of hydrogen-bond acceptors (Lipinski definition) is 5. The molecule has 3 rings (SSSR count). The second-order valence-corrected chi connectivity index (χ2v) is 7.68. The first-order chi connectivity index (χ1) is 11.1. The Morgan fingerprint density at radius 2 is 1.83 bits per heavy atom. The molecule has 0 unspecified atom stereocenters. The van der Waals surface area contributed by atoms with Crippen LogP contribution in [0.15, 0.2) is 33.6 Å². The molecule has 0 saturated carbocycles. The van der Waals surface area contributed by atoms with Crippen LogP contribution in [0.25, 0.3) is 0 Å². The Balaban J connectivity index is 1.61. The van der Waals surface area contributed by atoms with Crippen LogP contribution < -0.4 is 5.32 Å². The lowest BCUT2D eigenvalue weighted by Crippen LogP contribution is -2.49. The van der Waals surface area contributed by atoms with Crippen LogP contribution in [0.1, 0.15) is 19.8 Å². The summed E-state index contributed by atoms with van der Waals surface area (Å²) in [5.74, 6) is 0.519. The maximum absolute atomic E-state index is 12.2. The first-order valence-electron chi connectivity index (χ1n) is 8.23. The number of fused-ring (bicyclic) bond motifs is 1. The molecule has 1 N–H and O–H groups in total. The molecular weight excluding hydrogens is 312 g/mol. The second kappa shape index (κ2) is 6.98. The van der Waals surface area contributed by atoms with Crippen molar-refractivity contribution in [3.63, 3.8) is 0 Å². The van der Waals surface area contributed by atoms with Crippen LogP contribution in [0.4, 0.5) is 5.69 Å². The molecule has 0 aromatic heterocycles. The maximum Gasteiger partial charge on any atom is 0.286 e. The van der Waals surface area contributed by atoms with E-state index in [4.69, 9.17) is 0 Å². The zero-order valence-corrected chi connectivity index (χ0v) is 14.3. The van der Waals surface area contributed by atoms with Gasteiger partial charge in [0.1, 0.15) is 10.7 Å². The Kier molecular flexibility index (Phi) is 4.99. The molecule has 1 aromatic rings. The Bertz CT molecular complexity index is 679. The third kappa shape index (κ3) is 3.91. The van der Waals surface area contributed by atoms with E-state index in [1.165, 1.54) is 12.8 Å². The van der Waals surface area contributed by atoms with Gasteiger partial charge in [0.05, 0.1) is 12.2 Å². The molecule has 0 aliphatic carbocycles. The van der Waals surface area contributed by atoms with Gasteiger partial charge in [-0.05, 0) is 25.1 Å². The predicted molar refractivity (Wildman–Crippen MR) is 92.5 cm³/mol. The fourth-order valence-electron chi connectivity index (χ4n) is 3.00. The quantitative estimate of drug-likeness (QED) is 0.885. The number of hydrogen-bond donors (Lipinski definition) is 1. The zero-order chi connectivity index (χ0) is 16.3. The van der Waals surface area contributed by atoms with Crippen molar-refractivity contribution < 1.29 is 8.42 Å².